The Balaban J connectivity index is 1.98. The Morgan fingerprint density at radius 2 is 1.88 bits per heavy atom. The van der Waals surface area contributed by atoms with E-state index in [0.29, 0.717) is 5.39 Å². The Morgan fingerprint density at radius 1 is 1.19 bits per heavy atom. The molecule has 0 aliphatic heterocycles. The molecule has 7 nitrogen and oxygen atoms in total. The van der Waals surface area contributed by atoms with Crippen LogP contribution in [0.4, 0.5) is 0 Å². The highest BCUT2D eigenvalue weighted by molar-refractivity contribution is 7.12. The van der Waals surface area contributed by atoms with Crippen molar-refractivity contribution in [3.8, 4) is 0 Å². The van der Waals surface area contributed by atoms with Gasteiger partial charge in [-0.15, -0.1) is 11.3 Å². The van der Waals surface area contributed by atoms with Crippen molar-refractivity contribution in [2.24, 2.45) is 14.1 Å². The number of aryl methyl sites for hydroxylation is 3. The van der Waals surface area contributed by atoms with Gasteiger partial charge in [0.25, 0.3) is 11.5 Å². The fourth-order valence-corrected chi connectivity index (χ4v) is 4.03. The van der Waals surface area contributed by atoms with Gasteiger partial charge >= 0.3 is 5.69 Å². The van der Waals surface area contributed by atoms with Crippen molar-refractivity contribution < 1.29 is 4.79 Å². The van der Waals surface area contributed by atoms with Crippen molar-refractivity contribution in [1.82, 2.24) is 19.4 Å². The van der Waals surface area contributed by atoms with Crippen LogP contribution < -0.4 is 16.6 Å². The zero-order valence-electron chi connectivity index (χ0n) is 15.3. The number of thiophene rings is 1. The molecule has 8 heteroatoms. The van der Waals surface area contributed by atoms with Crippen LogP contribution in [0.2, 0.25) is 0 Å². The van der Waals surface area contributed by atoms with E-state index in [1.807, 2.05) is 20.8 Å². The van der Waals surface area contributed by atoms with Gasteiger partial charge in [0.1, 0.15) is 11.3 Å². The van der Waals surface area contributed by atoms with Crippen molar-refractivity contribution in [2.45, 2.75) is 26.8 Å². The van der Waals surface area contributed by atoms with Gasteiger partial charge in [-0.05, 0) is 44.5 Å². The third-order valence-electron chi connectivity index (χ3n) is 4.43. The van der Waals surface area contributed by atoms with Crippen LogP contribution in [0, 0.1) is 13.8 Å². The lowest BCUT2D eigenvalue weighted by Gasteiger charge is -2.14. The molecular formula is C18H20N4O3S. The molecule has 0 radical (unpaired) electrons. The molecule has 0 aromatic carbocycles. The van der Waals surface area contributed by atoms with E-state index in [-0.39, 0.29) is 23.3 Å². The highest BCUT2D eigenvalue weighted by Crippen LogP contribution is 2.26. The van der Waals surface area contributed by atoms with Crippen molar-refractivity contribution in [2.75, 3.05) is 0 Å². The summed E-state index contributed by atoms with van der Waals surface area (Å²) in [6.07, 6.45) is 0. The molecule has 0 saturated carbocycles. The maximum Gasteiger partial charge on any atom is 0.332 e. The molecule has 0 saturated heterocycles. The summed E-state index contributed by atoms with van der Waals surface area (Å²) >= 11 is 1.69. The molecule has 1 atom stereocenters. The number of carbonyl (C=O) groups excluding carboxylic acids is 1. The summed E-state index contributed by atoms with van der Waals surface area (Å²) in [5.41, 5.74) is 0.520. The van der Waals surface area contributed by atoms with Gasteiger partial charge < -0.3 is 5.32 Å². The standard InChI is InChI=1S/C18H20N4O3S/c1-9-8-13(11(3)26-9)10(2)19-16(23)14-7-6-12-15(20-14)21(4)18(25)22(5)17(12)24/h6-8,10H,1-5H3,(H,19,23). The first-order valence-electron chi connectivity index (χ1n) is 8.15. The second kappa shape index (κ2) is 6.53. The highest BCUT2D eigenvalue weighted by Gasteiger charge is 2.18. The number of hydrogen-bond donors (Lipinski definition) is 1. The maximum atomic E-state index is 12.6. The zero-order chi connectivity index (χ0) is 19.2. The average molecular weight is 372 g/mol. The lowest BCUT2D eigenvalue weighted by Crippen LogP contribution is -2.37. The van der Waals surface area contributed by atoms with Crippen molar-refractivity contribution >= 4 is 28.3 Å². The Kier molecular flexibility index (Phi) is 4.53. The van der Waals surface area contributed by atoms with Crippen molar-refractivity contribution in [1.29, 1.82) is 0 Å². The second-order valence-electron chi connectivity index (χ2n) is 6.34. The molecule has 26 heavy (non-hydrogen) atoms. The largest absolute Gasteiger partial charge is 0.344 e. The van der Waals surface area contributed by atoms with Crippen LogP contribution in [0.15, 0.2) is 27.8 Å². The minimum Gasteiger partial charge on any atom is -0.344 e. The van der Waals surface area contributed by atoms with Crippen LogP contribution in [-0.4, -0.2) is 20.0 Å². The van der Waals surface area contributed by atoms with E-state index in [9.17, 15) is 14.4 Å². The first kappa shape index (κ1) is 18.1. The number of aromatic nitrogens is 3. The predicted octanol–water partition coefficient (Wildman–Crippen LogP) is 1.80. The molecule has 3 rings (SSSR count). The third kappa shape index (κ3) is 2.96. The van der Waals surface area contributed by atoms with E-state index in [1.54, 1.807) is 11.3 Å². The third-order valence-corrected chi connectivity index (χ3v) is 5.41. The molecule has 3 aromatic heterocycles. The number of nitrogens with one attached hydrogen (secondary N) is 1. The number of carbonyl (C=O) groups is 1. The van der Waals surface area contributed by atoms with E-state index in [4.69, 9.17) is 0 Å². The summed E-state index contributed by atoms with van der Waals surface area (Å²) in [6, 6.07) is 4.93. The topological polar surface area (TPSA) is 86.0 Å². The van der Waals surface area contributed by atoms with Gasteiger partial charge in [-0.3, -0.25) is 18.7 Å². The Hall–Kier alpha value is -2.74. The molecular weight excluding hydrogens is 352 g/mol. The smallest absolute Gasteiger partial charge is 0.332 e. The fraction of sp³-hybridized carbons (Fsp3) is 0.333. The Morgan fingerprint density at radius 3 is 2.50 bits per heavy atom. The van der Waals surface area contributed by atoms with Gasteiger partial charge in [0.2, 0.25) is 0 Å². The van der Waals surface area contributed by atoms with E-state index in [0.717, 1.165) is 15.0 Å². The lowest BCUT2D eigenvalue weighted by molar-refractivity contribution is 0.0935. The van der Waals surface area contributed by atoms with E-state index in [2.05, 4.69) is 16.4 Å². The van der Waals surface area contributed by atoms with Gasteiger partial charge in [-0.25, -0.2) is 9.78 Å². The lowest BCUT2D eigenvalue weighted by atomic mass is 10.1. The number of rotatable bonds is 3. The molecule has 136 valence electrons. The summed E-state index contributed by atoms with van der Waals surface area (Å²) in [7, 11) is 2.94. The van der Waals surface area contributed by atoms with Gasteiger partial charge in [0.05, 0.1) is 11.4 Å². The summed E-state index contributed by atoms with van der Waals surface area (Å²) in [5.74, 6) is -0.351. The Labute approximate surface area is 153 Å². The molecule has 1 unspecified atom stereocenters. The van der Waals surface area contributed by atoms with Crippen LogP contribution >= 0.6 is 11.3 Å². The summed E-state index contributed by atoms with van der Waals surface area (Å²) in [4.78, 5) is 43.5. The monoisotopic (exact) mass is 372 g/mol. The van der Waals surface area contributed by atoms with Crippen LogP contribution in [0.5, 0.6) is 0 Å². The first-order valence-corrected chi connectivity index (χ1v) is 8.97. The van der Waals surface area contributed by atoms with Gasteiger partial charge in [-0.1, -0.05) is 0 Å². The van der Waals surface area contributed by atoms with E-state index < -0.39 is 11.2 Å². The quantitative estimate of drug-likeness (QED) is 0.760. The van der Waals surface area contributed by atoms with Crippen LogP contribution in [0.1, 0.15) is 38.8 Å². The maximum absolute atomic E-state index is 12.6. The minimum atomic E-state index is -0.481. The van der Waals surface area contributed by atoms with Gasteiger partial charge in [0.15, 0.2) is 0 Å². The SMILES string of the molecule is Cc1cc(C(C)NC(=O)c2ccc3c(=O)n(C)c(=O)n(C)c3n2)c(C)s1. The second-order valence-corrected chi connectivity index (χ2v) is 7.80. The normalized spacial score (nSPS) is 12.3. The van der Waals surface area contributed by atoms with E-state index >= 15 is 0 Å². The molecule has 0 bridgehead atoms. The molecule has 0 spiro atoms. The van der Waals surface area contributed by atoms with Crippen LogP contribution in [0.25, 0.3) is 11.0 Å². The van der Waals surface area contributed by atoms with Gasteiger partial charge in [0, 0.05) is 23.8 Å². The number of fused-ring (bicyclic) bond motifs is 1. The summed E-state index contributed by atoms with van der Waals surface area (Å²) in [6.45, 7) is 5.97. The Bertz CT molecular complexity index is 1140. The molecule has 0 fully saturated rings. The molecule has 3 aromatic rings. The fourth-order valence-electron chi connectivity index (χ4n) is 3.01. The zero-order valence-corrected chi connectivity index (χ0v) is 16.1. The molecule has 1 amide bonds. The number of amides is 1. The average Bonchev–Trinajstić information content (AvgIpc) is 2.95. The molecule has 3 heterocycles. The predicted molar refractivity (Wildman–Crippen MR) is 102 cm³/mol. The number of pyridine rings is 1. The molecule has 0 aliphatic carbocycles. The molecule has 0 aliphatic rings. The minimum absolute atomic E-state index is 0.164. The summed E-state index contributed by atoms with van der Waals surface area (Å²) < 4.78 is 2.29. The first-order chi connectivity index (χ1) is 12.2. The molecule has 1 N–H and O–H groups in total. The highest BCUT2D eigenvalue weighted by atomic mass is 32.1. The van der Waals surface area contributed by atoms with Crippen LogP contribution in [-0.2, 0) is 14.1 Å². The van der Waals surface area contributed by atoms with E-state index in [1.165, 1.54) is 35.7 Å². The number of nitrogens with zero attached hydrogens (tertiary/aromatic N) is 3. The van der Waals surface area contributed by atoms with Crippen LogP contribution in [0.3, 0.4) is 0 Å². The number of hydrogen-bond acceptors (Lipinski definition) is 5. The van der Waals surface area contributed by atoms with Crippen molar-refractivity contribution in [3.63, 3.8) is 0 Å². The van der Waals surface area contributed by atoms with Crippen molar-refractivity contribution in [3.05, 3.63) is 60.0 Å². The summed E-state index contributed by atoms with van der Waals surface area (Å²) in [5, 5.41) is 3.22. The van der Waals surface area contributed by atoms with Gasteiger partial charge in [-0.2, -0.15) is 0 Å².